The van der Waals surface area contributed by atoms with Gasteiger partial charge in [0.1, 0.15) is 0 Å². The first kappa shape index (κ1) is 5.97. The third kappa shape index (κ3) is 2.78. The summed E-state index contributed by atoms with van der Waals surface area (Å²) in [7, 11) is 0. The summed E-state index contributed by atoms with van der Waals surface area (Å²) in [5, 5.41) is 16.1. The van der Waals surface area contributed by atoms with Crippen molar-refractivity contribution in [1.29, 1.82) is 5.41 Å². The molecule has 0 fully saturated rings. The van der Waals surface area contributed by atoms with Crippen molar-refractivity contribution in [3.8, 4) is 0 Å². The molecule has 7 heavy (non-hydrogen) atoms. The topological polar surface area (TPSA) is 59.4 Å². The second-order valence-corrected chi connectivity index (χ2v) is 0.691. The van der Waals surface area contributed by atoms with Crippen molar-refractivity contribution in [1.82, 2.24) is 5.23 Å². The summed E-state index contributed by atoms with van der Waals surface area (Å²) in [6.07, 6.45) is 1.43. The number of nitrogens with one attached hydrogen (secondary N) is 1. The van der Waals surface area contributed by atoms with Crippen molar-refractivity contribution in [2.75, 3.05) is 0 Å². The van der Waals surface area contributed by atoms with Gasteiger partial charge < -0.3 is 10.0 Å². The second kappa shape index (κ2) is 3.17. The molecule has 0 aliphatic heterocycles. The predicted octanol–water partition coefficient (Wildman–Crippen LogP) is 0.468. The predicted molar refractivity (Wildman–Crippen MR) is 25.3 cm³/mol. The van der Waals surface area contributed by atoms with Gasteiger partial charge in [-0.05, 0) is 0 Å². The molecule has 0 aromatic carbocycles. The molecule has 40 valence electrons. The van der Waals surface area contributed by atoms with Crippen LogP contribution in [-0.4, -0.2) is 11.6 Å². The van der Waals surface area contributed by atoms with E-state index in [1.54, 1.807) is 0 Å². The van der Waals surface area contributed by atoms with Crippen LogP contribution in [-0.2, 0) is 4.84 Å². The average molecular weight is 101 g/mol. The van der Waals surface area contributed by atoms with Crippen LogP contribution in [0.15, 0.2) is 12.8 Å². The summed E-state index contributed by atoms with van der Waals surface area (Å²) < 4.78 is 0. The molecule has 0 spiro atoms. The van der Waals surface area contributed by atoms with Crippen molar-refractivity contribution in [3.63, 3.8) is 0 Å². The Morgan fingerprint density at radius 3 is 2.57 bits per heavy atom. The lowest BCUT2D eigenvalue weighted by Gasteiger charge is -2.20. The third-order valence-corrected chi connectivity index (χ3v) is 0.306. The molecule has 0 saturated heterocycles. The molecular weight excluding hydrogens is 96.0 g/mol. The summed E-state index contributed by atoms with van der Waals surface area (Å²) in [5.74, 6) is 0. The Hall–Kier alpha value is -1.03. The molecule has 0 heterocycles. The van der Waals surface area contributed by atoms with E-state index < -0.39 is 0 Å². The van der Waals surface area contributed by atoms with Gasteiger partial charge in [0.05, 0.1) is 0 Å². The van der Waals surface area contributed by atoms with E-state index in [9.17, 15) is 5.21 Å². The first-order chi connectivity index (χ1) is 3.31. The van der Waals surface area contributed by atoms with Crippen LogP contribution in [0, 0.1) is 10.6 Å². The van der Waals surface area contributed by atoms with Crippen LogP contribution in [0.1, 0.15) is 0 Å². The Morgan fingerprint density at radius 1 is 1.86 bits per heavy atom. The van der Waals surface area contributed by atoms with Gasteiger partial charge in [-0.1, -0.05) is 6.58 Å². The highest BCUT2D eigenvalue weighted by atomic mass is 16.9. The molecule has 0 unspecified atom stereocenters. The Balaban J connectivity index is 3.15. The van der Waals surface area contributed by atoms with Gasteiger partial charge in [-0.2, -0.15) is 0 Å². The molecule has 0 aliphatic rings. The van der Waals surface area contributed by atoms with Crippen molar-refractivity contribution >= 4 is 6.40 Å². The molecule has 0 amide bonds. The molecule has 0 aliphatic carbocycles. The number of hydroxylamine groups is 2. The lowest BCUT2D eigenvalue weighted by Crippen LogP contribution is -2.05. The van der Waals surface area contributed by atoms with Gasteiger partial charge in [0, 0.05) is 6.20 Å². The van der Waals surface area contributed by atoms with E-state index in [-0.39, 0.29) is 5.23 Å². The van der Waals surface area contributed by atoms with Crippen LogP contribution in [0.2, 0.25) is 0 Å². The zero-order valence-electron chi connectivity index (χ0n) is 3.63. The molecule has 0 radical (unpaired) electrons. The molecule has 4 heteroatoms. The normalized spacial score (nSPS) is 7.00. The lowest BCUT2D eigenvalue weighted by molar-refractivity contribution is 0.0388. The number of rotatable bonds is 3. The highest BCUT2D eigenvalue weighted by molar-refractivity contribution is 5.40. The van der Waals surface area contributed by atoms with E-state index in [0.29, 0.717) is 6.40 Å². The summed E-state index contributed by atoms with van der Waals surface area (Å²) in [6, 6.07) is 0. The largest absolute Gasteiger partial charge is 0.724 e. The van der Waals surface area contributed by atoms with E-state index in [2.05, 4.69) is 11.4 Å². The molecule has 0 aromatic heterocycles. The van der Waals surface area contributed by atoms with Gasteiger partial charge in [-0.25, -0.2) is 0 Å². The number of nitrogens with zero attached hydrogens (tertiary/aromatic N) is 1. The first-order valence-corrected chi connectivity index (χ1v) is 1.56. The van der Waals surface area contributed by atoms with Crippen LogP contribution in [0.5, 0.6) is 0 Å². The molecule has 0 saturated carbocycles. The quantitative estimate of drug-likeness (QED) is 0.319. The smallest absolute Gasteiger partial charge is 0.200 e. The van der Waals surface area contributed by atoms with E-state index in [4.69, 9.17) is 5.41 Å². The summed E-state index contributed by atoms with van der Waals surface area (Å²) >= 11 is 0. The van der Waals surface area contributed by atoms with Gasteiger partial charge in [0.15, 0.2) is 0 Å². The maximum absolute atomic E-state index is 9.84. The van der Waals surface area contributed by atoms with Crippen molar-refractivity contribution in [2.24, 2.45) is 0 Å². The maximum Gasteiger partial charge on any atom is 0.200 e. The zero-order valence-corrected chi connectivity index (χ0v) is 3.63. The van der Waals surface area contributed by atoms with Gasteiger partial charge in [-0.3, -0.25) is 10.6 Å². The maximum atomic E-state index is 9.84. The van der Waals surface area contributed by atoms with Crippen molar-refractivity contribution in [2.45, 2.75) is 0 Å². The van der Waals surface area contributed by atoms with Crippen LogP contribution < -0.4 is 0 Å². The zero-order chi connectivity index (χ0) is 5.70. The monoisotopic (exact) mass is 101 g/mol. The minimum atomic E-state index is 0.0764. The van der Waals surface area contributed by atoms with Crippen LogP contribution >= 0.6 is 0 Å². The number of hydrogen-bond donors (Lipinski definition) is 1. The van der Waals surface area contributed by atoms with E-state index in [0.717, 1.165) is 6.20 Å². The van der Waals surface area contributed by atoms with Crippen molar-refractivity contribution < 1.29 is 4.84 Å². The van der Waals surface area contributed by atoms with Gasteiger partial charge in [0.25, 0.3) is 0 Å². The fourth-order valence-electron chi connectivity index (χ4n) is 0.0950. The first-order valence-electron chi connectivity index (χ1n) is 1.56. The van der Waals surface area contributed by atoms with Gasteiger partial charge in [-0.15, -0.1) is 0 Å². The molecule has 0 rings (SSSR count). The minimum Gasteiger partial charge on any atom is -0.724 e. The molecule has 0 aromatic rings. The SMILES string of the molecule is C=CN([O-])OC=N. The minimum absolute atomic E-state index is 0.0764. The van der Waals surface area contributed by atoms with E-state index in [1.165, 1.54) is 0 Å². The molecule has 0 bridgehead atoms. The molecule has 4 nitrogen and oxygen atoms in total. The molecule has 0 atom stereocenters. The lowest BCUT2D eigenvalue weighted by atomic mass is 11.1. The van der Waals surface area contributed by atoms with Crippen LogP contribution in [0.25, 0.3) is 0 Å². The van der Waals surface area contributed by atoms with Crippen LogP contribution in [0.3, 0.4) is 0 Å². The van der Waals surface area contributed by atoms with E-state index in [1.807, 2.05) is 0 Å². The third-order valence-electron chi connectivity index (χ3n) is 0.306. The fourth-order valence-corrected chi connectivity index (χ4v) is 0.0950. The van der Waals surface area contributed by atoms with E-state index >= 15 is 0 Å². The average Bonchev–Trinajstić information content (AvgIpc) is 1.68. The molecule has 1 N–H and O–H groups in total. The summed E-state index contributed by atoms with van der Waals surface area (Å²) in [4.78, 5) is 3.89. The Morgan fingerprint density at radius 2 is 2.43 bits per heavy atom. The fraction of sp³-hybridized carbons (Fsp3) is 0. The summed E-state index contributed by atoms with van der Waals surface area (Å²) in [5.41, 5.74) is 0. The Bertz CT molecular complexity index is 73.3. The number of hydrogen-bond acceptors (Lipinski definition) is 4. The standard InChI is InChI=1S/C3H5N2O2/c1-2-5(6)7-3-4/h2-4H,1H2/q-1. The van der Waals surface area contributed by atoms with Gasteiger partial charge in [0.2, 0.25) is 6.40 Å². The highest BCUT2D eigenvalue weighted by Gasteiger charge is 1.68. The van der Waals surface area contributed by atoms with Gasteiger partial charge >= 0.3 is 0 Å². The van der Waals surface area contributed by atoms with Crippen LogP contribution in [0.4, 0.5) is 0 Å². The molecular formula is C3H5N2O2-. The summed E-state index contributed by atoms with van der Waals surface area (Å²) in [6.45, 7) is 3.06. The second-order valence-electron chi connectivity index (χ2n) is 0.691. The highest BCUT2D eigenvalue weighted by Crippen LogP contribution is 1.79. The van der Waals surface area contributed by atoms with Crippen molar-refractivity contribution in [3.05, 3.63) is 18.0 Å². The Labute approximate surface area is 41.0 Å². The Kier molecular flexibility index (Phi) is 2.70.